The Hall–Kier alpha value is -3.32. The van der Waals surface area contributed by atoms with Crippen molar-refractivity contribution in [2.24, 2.45) is 0 Å². The number of carboxylic acid groups (broad SMARTS) is 1. The van der Waals surface area contributed by atoms with E-state index in [-0.39, 0.29) is 29.1 Å². The summed E-state index contributed by atoms with van der Waals surface area (Å²) in [5, 5.41) is 23.2. The van der Waals surface area contributed by atoms with Gasteiger partial charge in [-0.3, -0.25) is 4.79 Å². The van der Waals surface area contributed by atoms with Crippen LogP contribution in [0.15, 0.2) is 48.5 Å². The van der Waals surface area contributed by atoms with E-state index in [1.807, 2.05) is 19.9 Å². The molecule has 0 radical (unpaired) electrons. The largest absolute Gasteiger partial charge is 0.505 e. The Morgan fingerprint density at radius 2 is 1.83 bits per heavy atom. The zero-order valence-electron chi connectivity index (χ0n) is 16.4. The van der Waals surface area contributed by atoms with Crippen molar-refractivity contribution in [2.75, 3.05) is 0 Å². The molecule has 30 heavy (non-hydrogen) atoms. The maximum absolute atomic E-state index is 12.7. The second-order valence-electron chi connectivity index (χ2n) is 7.03. The number of ether oxygens (including phenoxy) is 1. The average Bonchev–Trinajstić information content (AvgIpc) is 2.70. The number of carboxylic acids is 1. The van der Waals surface area contributed by atoms with Crippen LogP contribution < -0.4 is 10.1 Å². The average molecular weight is 429 g/mol. The number of hydrogen-bond donors (Lipinski definition) is 3. The molecule has 156 valence electrons. The van der Waals surface area contributed by atoms with Gasteiger partial charge in [0.15, 0.2) is 11.4 Å². The molecule has 0 spiro atoms. The summed E-state index contributed by atoms with van der Waals surface area (Å²) in [5.41, 5.74) is 0.404. The van der Waals surface area contributed by atoms with Gasteiger partial charge in [-0.25, -0.2) is 9.78 Å². The van der Waals surface area contributed by atoms with Crippen molar-refractivity contribution in [3.8, 4) is 11.5 Å². The maximum Gasteiger partial charge on any atom is 0.326 e. The van der Waals surface area contributed by atoms with Crippen LogP contribution in [0.1, 0.15) is 29.9 Å². The van der Waals surface area contributed by atoms with E-state index in [0.29, 0.717) is 16.5 Å². The smallest absolute Gasteiger partial charge is 0.326 e. The lowest BCUT2D eigenvalue weighted by molar-refractivity contribution is -0.139. The lowest BCUT2D eigenvalue weighted by Crippen LogP contribution is -2.42. The van der Waals surface area contributed by atoms with Crippen LogP contribution in [0.3, 0.4) is 0 Å². The number of aromatic nitrogens is 1. The Labute approximate surface area is 178 Å². The van der Waals surface area contributed by atoms with E-state index in [1.54, 1.807) is 42.5 Å². The maximum atomic E-state index is 12.7. The van der Waals surface area contributed by atoms with E-state index in [1.165, 1.54) is 0 Å². The van der Waals surface area contributed by atoms with Gasteiger partial charge < -0.3 is 20.3 Å². The van der Waals surface area contributed by atoms with Gasteiger partial charge in [-0.05, 0) is 37.6 Å². The summed E-state index contributed by atoms with van der Waals surface area (Å²) >= 11 is 6.24. The number of amides is 1. The topological polar surface area (TPSA) is 109 Å². The molecule has 0 aliphatic heterocycles. The molecule has 0 aliphatic rings. The molecular formula is C22H21ClN2O5. The standard InChI is InChI=1S/C22H21ClN2O5/c1-12(2)30-14-8-9-15-16(11-14)20(23)25-18(19(15)26)21(27)24-17(22(28)29)10-13-6-4-3-5-7-13/h3-9,11-12,17,26H,10H2,1-2H3,(H,24,27)(H,28,29)/t17-/m0/s1. The first-order valence-electron chi connectivity index (χ1n) is 9.32. The number of rotatable bonds is 7. The van der Waals surface area contributed by atoms with Gasteiger partial charge in [-0.15, -0.1) is 0 Å². The highest BCUT2D eigenvalue weighted by atomic mass is 35.5. The van der Waals surface area contributed by atoms with Crippen LogP contribution in [-0.2, 0) is 11.2 Å². The van der Waals surface area contributed by atoms with Gasteiger partial charge in [0.1, 0.15) is 16.9 Å². The summed E-state index contributed by atoms with van der Waals surface area (Å²) in [6, 6.07) is 12.6. The summed E-state index contributed by atoms with van der Waals surface area (Å²) in [7, 11) is 0. The van der Waals surface area contributed by atoms with Crippen molar-refractivity contribution in [3.05, 3.63) is 64.9 Å². The number of carbonyl (C=O) groups excluding carboxylic acids is 1. The van der Waals surface area contributed by atoms with Gasteiger partial charge in [0.25, 0.3) is 5.91 Å². The fourth-order valence-corrected chi connectivity index (χ4v) is 3.26. The van der Waals surface area contributed by atoms with Crippen molar-refractivity contribution < 1.29 is 24.5 Å². The first-order valence-corrected chi connectivity index (χ1v) is 9.70. The van der Waals surface area contributed by atoms with E-state index >= 15 is 0 Å². The normalized spacial score (nSPS) is 12.0. The number of nitrogens with one attached hydrogen (secondary N) is 1. The Bertz CT molecular complexity index is 1090. The van der Waals surface area contributed by atoms with Gasteiger partial charge in [-0.1, -0.05) is 41.9 Å². The minimum Gasteiger partial charge on any atom is -0.505 e. The summed E-state index contributed by atoms with van der Waals surface area (Å²) < 4.78 is 5.62. The number of nitrogens with zero attached hydrogens (tertiary/aromatic N) is 1. The minimum atomic E-state index is -1.20. The number of fused-ring (bicyclic) bond motifs is 1. The van der Waals surface area contributed by atoms with Crippen LogP contribution >= 0.6 is 11.6 Å². The summed E-state index contributed by atoms with van der Waals surface area (Å²) in [6.45, 7) is 3.76. The molecule has 8 heteroatoms. The van der Waals surface area contributed by atoms with Gasteiger partial charge in [0.05, 0.1) is 6.10 Å². The third-order valence-electron chi connectivity index (χ3n) is 4.38. The molecule has 0 bridgehead atoms. The third-order valence-corrected chi connectivity index (χ3v) is 4.66. The molecule has 1 amide bonds. The van der Waals surface area contributed by atoms with Crippen LogP contribution in [0, 0.1) is 0 Å². The molecule has 1 heterocycles. The van der Waals surface area contributed by atoms with Gasteiger partial charge >= 0.3 is 5.97 Å². The summed E-state index contributed by atoms with van der Waals surface area (Å²) in [4.78, 5) is 28.3. The fraction of sp³-hybridized carbons (Fsp3) is 0.227. The second kappa shape index (κ2) is 9.00. The highest BCUT2D eigenvalue weighted by Crippen LogP contribution is 2.34. The summed E-state index contributed by atoms with van der Waals surface area (Å²) in [5.74, 6) is -1.87. The Morgan fingerprint density at radius 3 is 2.47 bits per heavy atom. The number of aliphatic carboxylic acids is 1. The highest BCUT2D eigenvalue weighted by molar-refractivity contribution is 6.35. The molecule has 0 unspecified atom stereocenters. The predicted molar refractivity (Wildman–Crippen MR) is 113 cm³/mol. The number of halogens is 1. The molecule has 1 atom stereocenters. The Morgan fingerprint density at radius 1 is 1.13 bits per heavy atom. The van der Waals surface area contributed by atoms with Crippen LogP contribution in [0.4, 0.5) is 0 Å². The summed E-state index contributed by atoms with van der Waals surface area (Å²) in [6.07, 6.45) is 0.0327. The molecule has 0 saturated carbocycles. The van der Waals surface area contributed by atoms with Gasteiger partial charge in [0.2, 0.25) is 0 Å². The van der Waals surface area contributed by atoms with E-state index < -0.39 is 17.9 Å². The Balaban J connectivity index is 1.90. The lowest BCUT2D eigenvalue weighted by Gasteiger charge is -2.16. The zero-order chi connectivity index (χ0) is 21.8. The van der Waals surface area contributed by atoms with Crippen molar-refractivity contribution in [3.63, 3.8) is 0 Å². The number of carbonyl (C=O) groups is 2. The number of benzene rings is 2. The van der Waals surface area contributed by atoms with E-state index in [2.05, 4.69) is 10.3 Å². The Kier molecular flexibility index (Phi) is 6.42. The number of hydrogen-bond acceptors (Lipinski definition) is 5. The van der Waals surface area contributed by atoms with Crippen molar-refractivity contribution in [1.82, 2.24) is 10.3 Å². The molecule has 1 aromatic heterocycles. The van der Waals surface area contributed by atoms with Gasteiger partial charge in [-0.2, -0.15) is 0 Å². The molecule has 0 fully saturated rings. The zero-order valence-corrected chi connectivity index (χ0v) is 17.2. The molecule has 3 N–H and O–H groups in total. The van der Waals surface area contributed by atoms with Crippen LogP contribution in [-0.4, -0.2) is 39.2 Å². The van der Waals surface area contributed by atoms with Crippen molar-refractivity contribution in [2.45, 2.75) is 32.4 Å². The molecule has 3 rings (SSSR count). The molecule has 3 aromatic rings. The fourth-order valence-electron chi connectivity index (χ4n) is 3.02. The van der Waals surface area contributed by atoms with Crippen LogP contribution in [0.2, 0.25) is 5.15 Å². The molecular weight excluding hydrogens is 408 g/mol. The van der Waals surface area contributed by atoms with Crippen LogP contribution in [0.5, 0.6) is 11.5 Å². The number of pyridine rings is 1. The first-order chi connectivity index (χ1) is 14.3. The third kappa shape index (κ3) is 4.80. The van der Waals surface area contributed by atoms with Gasteiger partial charge in [0, 0.05) is 17.2 Å². The van der Waals surface area contributed by atoms with Crippen LogP contribution in [0.25, 0.3) is 10.8 Å². The van der Waals surface area contributed by atoms with E-state index in [9.17, 15) is 19.8 Å². The minimum absolute atomic E-state index is 0.00269. The molecule has 7 nitrogen and oxygen atoms in total. The van der Waals surface area contributed by atoms with E-state index in [0.717, 1.165) is 5.56 Å². The molecule has 2 aromatic carbocycles. The second-order valence-corrected chi connectivity index (χ2v) is 7.39. The quantitative estimate of drug-likeness (QED) is 0.494. The lowest BCUT2D eigenvalue weighted by atomic mass is 10.1. The molecule has 0 saturated heterocycles. The first kappa shape index (κ1) is 21.4. The van der Waals surface area contributed by atoms with Crippen molar-refractivity contribution in [1.29, 1.82) is 0 Å². The molecule has 0 aliphatic carbocycles. The number of aromatic hydroxyl groups is 1. The monoisotopic (exact) mass is 428 g/mol. The van der Waals surface area contributed by atoms with Crippen molar-refractivity contribution >= 4 is 34.2 Å². The van der Waals surface area contributed by atoms with E-state index in [4.69, 9.17) is 16.3 Å². The predicted octanol–water partition coefficient (Wildman–Crippen LogP) is 3.81. The SMILES string of the molecule is CC(C)Oc1ccc2c(O)c(C(=O)N[C@@H](Cc3ccccc3)C(=O)O)nc(Cl)c2c1. The highest BCUT2D eigenvalue weighted by Gasteiger charge is 2.25.